The maximum Gasteiger partial charge on any atom is 0.332 e. The normalized spacial score (nSPS) is 11.2. The van der Waals surface area contributed by atoms with E-state index in [1.807, 2.05) is 18.2 Å². The zero-order chi connectivity index (χ0) is 13.6. The Morgan fingerprint density at radius 2 is 1.94 bits per heavy atom. The molecular formula is C15H21NO2. The van der Waals surface area contributed by atoms with E-state index in [0.29, 0.717) is 6.54 Å². The summed E-state index contributed by atoms with van der Waals surface area (Å²) >= 11 is 0. The first-order chi connectivity index (χ1) is 8.41. The Balaban J connectivity index is 2.40. The summed E-state index contributed by atoms with van der Waals surface area (Å²) < 4.78 is 0. The molecule has 3 heteroatoms. The predicted molar refractivity (Wildman–Crippen MR) is 73.6 cm³/mol. The number of nitrogens with one attached hydrogen (secondary N) is 1. The molecule has 18 heavy (non-hydrogen) atoms. The van der Waals surface area contributed by atoms with Gasteiger partial charge in [0.05, 0.1) is 0 Å². The number of rotatable bonds is 7. The molecule has 0 heterocycles. The molecule has 2 N–H and O–H groups in total. The molecule has 0 aliphatic carbocycles. The van der Waals surface area contributed by atoms with Gasteiger partial charge < -0.3 is 10.4 Å². The maximum atomic E-state index is 10.7. The monoisotopic (exact) mass is 247 g/mol. The Bertz CT molecular complexity index is 410. The number of hydrogen-bond acceptors (Lipinski definition) is 2. The van der Waals surface area contributed by atoms with Crippen molar-refractivity contribution >= 4 is 5.97 Å². The van der Waals surface area contributed by atoms with E-state index in [9.17, 15) is 4.79 Å². The van der Waals surface area contributed by atoms with E-state index < -0.39 is 5.97 Å². The molecule has 0 fully saturated rings. The lowest BCUT2D eigenvalue weighted by atomic mass is 9.95. The van der Waals surface area contributed by atoms with Gasteiger partial charge >= 0.3 is 5.97 Å². The number of benzene rings is 1. The third-order valence-corrected chi connectivity index (χ3v) is 2.96. The lowest BCUT2D eigenvalue weighted by molar-refractivity contribution is -0.132. The SMILES string of the molecule is C=C(CNC(C)(C)CCc1ccccc1)C(=O)O. The number of carboxylic acid groups (broad SMARTS) is 1. The van der Waals surface area contributed by atoms with Gasteiger partial charge in [-0.15, -0.1) is 0 Å². The summed E-state index contributed by atoms with van der Waals surface area (Å²) in [4.78, 5) is 10.7. The Kier molecular flexibility index (Phi) is 5.10. The second-order valence-corrected chi connectivity index (χ2v) is 5.13. The molecule has 0 unspecified atom stereocenters. The lowest BCUT2D eigenvalue weighted by Crippen LogP contribution is -2.41. The van der Waals surface area contributed by atoms with E-state index in [1.54, 1.807) is 0 Å². The molecule has 0 amide bonds. The lowest BCUT2D eigenvalue weighted by Gasteiger charge is -2.26. The Morgan fingerprint density at radius 3 is 2.50 bits per heavy atom. The molecule has 0 saturated heterocycles. The van der Waals surface area contributed by atoms with E-state index in [2.05, 4.69) is 37.9 Å². The molecule has 0 aliphatic rings. The summed E-state index contributed by atoms with van der Waals surface area (Å²) in [5.41, 5.74) is 1.39. The van der Waals surface area contributed by atoms with E-state index >= 15 is 0 Å². The predicted octanol–water partition coefficient (Wildman–Crippen LogP) is 2.63. The summed E-state index contributed by atoms with van der Waals surface area (Å²) in [6.45, 7) is 7.98. The third-order valence-electron chi connectivity index (χ3n) is 2.96. The average Bonchev–Trinajstić information content (AvgIpc) is 2.35. The van der Waals surface area contributed by atoms with Crippen LogP contribution in [0.3, 0.4) is 0 Å². The molecule has 0 bridgehead atoms. The van der Waals surface area contributed by atoms with Crippen LogP contribution in [0.2, 0.25) is 0 Å². The first-order valence-electron chi connectivity index (χ1n) is 6.11. The molecule has 0 saturated carbocycles. The maximum absolute atomic E-state index is 10.7. The zero-order valence-electron chi connectivity index (χ0n) is 11.1. The average molecular weight is 247 g/mol. The van der Waals surface area contributed by atoms with Gasteiger partial charge in [-0.05, 0) is 32.3 Å². The van der Waals surface area contributed by atoms with Gasteiger partial charge in [0.15, 0.2) is 0 Å². The molecular weight excluding hydrogens is 226 g/mol. The van der Waals surface area contributed by atoms with Crippen molar-refractivity contribution in [1.82, 2.24) is 5.32 Å². The summed E-state index contributed by atoms with van der Waals surface area (Å²) in [6.07, 6.45) is 1.92. The van der Waals surface area contributed by atoms with Crippen LogP contribution in [0.4, 0.5) is 0 Å². The minimum atomic E-state index is -0.943. The van der Waals surface area contributed by atoms with Crippen LogP contribution in [0.25, 0.3) is 0 Å². The van der Waals surface area contributed by atoms with Crippen molar-refractivity contribution < 1.29 is 9.90 Å². The minimum Gasteiger partial charge on any atom is -0.478 e. The second-order valence-electron chi connectivity index (χ2n) is 5.13. The van der Waals surface area contributed by atoms with Gasteiger partial charge in [-0.2, -0.15) is 0 Å². The molecule has 0 atom stereocenters. The van der Waals surface area contributed by atoms with Crippen LogP contribution in [0.1, 0.15) is 25.8 Å². The van der Waals surface area contributed by atoms with Gasteiger partial charge in [-0.25, -0.2) is 4.79 Å². The molecule has 3 nitrogen and oxygen atoms in total. The van der Waals surface area contributed by atoms with Gasteiger partial charge in [-0.3, -0.25) is 0 Å². The number of hydrogen-bond donors (Lipinski definition) is 2. The standard InChI is InChI=1S/C15H21NO2/c1-12(14(17)18)11-16-15(2,3)10-9-13-7-5-4-6-8-13/h4-8,16H,1,9-11H2,2-3H3,(H,17,18). The first kappa shape index (κ1) is 14.5. The molecule has 0 spiro atoms. The topological polar surface area (TPSA) is 49.3 Å². The molecule has 0 aliphatic heterocycles. The number of aliphatic carboxylic acids is 1. The van der Waals surface area contributed by atoms with Crippen molar-refractivity contribution in [2.75, 3.05) is 6.54 Å². The Hall–Kier alpha value is -1.61. The number of carbonyl (C=O) groups is 1. The van der Waals surface area contributed by atoms with Crippen LogP contribution in [0.5, 0.6) is 0 Å². The van der Waals surface area contributed by atoms with Gasteiger partial charge in [0.1, 0.15) is 0 Å². The highest BCUT2D eigenvalue weighted by Gasteiger charge is 2.18. The first-order valence-corrected chi connectivity index (χ1v) is 6.11. The fourth-order valence-corrected chi connectivity index (χ4v) is 1.61. The quantitative estimate of drug-likeness (QED) is 0.728. The molecule has 0 radical (unpaired) electrons. The number of carboxylic acids is 1. The van der Waals surface area contributed by atoms with Crippen LogP contribution in [-0.4, -0.2) is 23.2 Å². The molecule has 98 valence electrons. The Labute approximate surface area is 109 Å². The summed E-state index contributed by atoms with van der Waals surface area (Å²) in [6, 6.07) is 10.3. The van der Waals surface area contributed by atoms with E-state index in [1.165, 1.54) is 5.56 Å². The van der Waals surface area contributed by atoms with Crippen LogP contribution >= 0.6 is 0 Å². The number of aryl methyl sites for hydroxylation is 1. The van der Waals surface area contributed by atoms with Gasteiger partial charge in [0.25, 0.3) is 0 Å². The van der Waals surface area contributed by atoms with Gasteiger partial charge in [-0.1, -0.05) is 36.9 Å². The van der Waals surface area contributed by atoms with Crippen LogP contribution < -0.4 is 5.32 Å². The minimum absolute atomic E-state index is 0.103. The van der Waals surface area contributed by atoms with Crippen molar-refractivity contribution in [2.24, 2.45) is 0 Å². The van der Waals surface area contributed by atoms with E-state index in [0.717, 1.165) is 12.8 Å². The fraction of sp³-hybridized carbons (Fsp3) is 0.400. The van der Waals surface area contributed by atoms with Crippen molar-refractivity contribution in [1.29, 1.82) is 0 Å². The van der Waals surface area contributed by atoms with E-state index in [-0.39, 0.29) is 11.1 Å². The van der Waals surface area contributed by atoms with Gasteiger partial charge in [0.2, 0.25) is 0 Å². The molecule has 1 aromatic carbocycles. The third kappa shape index (κ3) is 5.15. The smallest absolute Gasteiger partial charge is 0.332 e. The largest absolute Gasteiger partial charge is 0.478 e. The van der Waals surface area contributed by atoms with Crippen molar-refractivity contribution in [3.8, 4) is 0 Å². The van der Waals surface area contributed by atoms with Crippen LogP contribution in [-0.2, 0) is 11.2 Å². The fourth-order valence-electron chi connectivity index (χ4n) is 1.61. The van der Waals surface area contributed by atoms with Gasteiger partial charge in [0, 0.05) is 17.7 Å². The summed E-state index contributed by atoms with van der Waals surface area (Å²) in [5, 5.41) is 12.0. The molecule has 1 aromatic rings. The second kappa shape index (κ2) is 6.36. The summed E-state index contributed by atoms with van der Waals surface area (Å²) in [7, 11) is 0. The summed E-state index contributed by atoms with van der Waals surface area (Å²) in [5.74, 6) is -0.943. The van der Waals surface area contributed by atoms with Crippen LogP contribution in [0.15, 0.2) is 42.5 Å². The van der Waals surface area contributed by atoms with E-state index in [4.69, 9.17) is 5.11 Å². The van der Waals surface area contributed by atoms with Crippen molar-refractivity contribution in [2.45, 2.75) is 32.2 Å². The van der Waals surface area contributed by atoms with Crippen molar-refractivity contribution in [3.05, 3.63) is 48.0 Å². The Morgan fingerprint density at radius 1 is 1.33 bits per heavy atom. The molecule has 1 rings (SSSR count). The van der Waals surface area contributed by atoms with Crippen molar-refractivity contribution in [3.63, 3.8) is 0 Å². The molecule has 0 aromatic heterocycles. The highest BCUT2D eigenvalue weighted by atomic mass is 16.4. The van der Waals surface area contributed by atoms with Crippen LogP contribution in [0, 0.1) is 0 Å². The highest BCUT2D eigenvalue weighted by molar-refractivity contribution is 5.86. The zero-order valence-corrected chi connectivity index (χ0v) is 11.1. The highest BCUT2D eigenvalue weighted by Crippen LogP contribution is 2.13.